The van der Waals surface area contributed by atoms with Crippen LogP contribution in [-0.4, -0.2) is 44.3 Å². The lowest BCUT2D eigenvalue weighted by molar-refractivity contribution is -0.140. The van der Waals surface area contributed by atoms with Crippen molar-refractivity contribution in [2.24, 2.45) is 0 Å². The molecule has 2 amide bonds. The molecule has 0 bridgehead atoms. The minimum atomic E-state index is -4.11. The molecule has 0 unspecified atom stereocenters. The van der Waals surface area contributed by atoms with Crippen LogP contribution in [0.1, 0.15) is 36.5 Å². The third-order valence-electron chi connectivity index (χ3n) is 7.26. The van der Waals surface area contributed by atoms with Gasteiger partial charge in [-0.2, -0.15) is 0 Å². The van der Waals surface area contributed by atoms with Gasteiger partial charge in [0.05, 0.1) is 10.6 Å². The lowest BCUT2D eigenvalue weighted by atomic mass is 10.0. The maximum atomic E-state index is 14.5. The van der Waals surface area contributed by atoms with E-state index < -0.39 is 28.5 Å². The second-order valence-electron chi connectivity index (χ2n) is 10.7. The summed E-state index contributed by atoms with van der Waals surface area (Å²) in [6.45, 7) is 4.18. The lowest BCUT2D eigenvalue weighted by Crippen LogP contribution is -2.53. The molecule has 1 N–H and O–H groups in total. The molecular formula is C35H38IN3O4S. The molecule has 4 aromatic rings. The van der Waals surface area contributed by atoms with Crippen molar-refractivity contribution in [2.45, 2.75) is 50.6 Å². The van der Waals surface area contributed by atoms with Crippen molar-refractivity contribution in [2.75, 3.05) is 17.4 Å². The van der Waals surface area contributed by atoms with Gasteiger partial charge < -0.3 is 10.2 Å². The zero-order chi connectivity index (χ0) is 31.5. The summed E-state index contributed by atoms with van der Waals surface area (Å²) in [4.78, 5) is 29.9. The van der Waals surface area contributed by atoms with E-state index in [0.29, 0.717) is 12.2 Å². The van der Waals surface area contributed by atoms with Crippen LogP contribution in [0.5, 0.6) is 0 Å². The fraction of sp³-hybridized carbons (Fsp3) is 0.257. The molecule has 0 spiro atoms. The summed E-state index contributed by atoms with van der Waals surface area (Å²) in [6, 6.07) is 31.6. The van der Waals surface area contributed by atoms with Crippen LogP contribution in [0.4, 0.5) is 5.69 Å². The van der Waals surface area contributed by atoms with E-state index >= 15 is 0 Å². The number of hydrogen-bond donors (Lipinski definition) is 1. The van der Waals surface area contributed by atoms with Gasteiger partial charge in [-0.25, -0.2) is 8.42 Å². The number of halogens is 1. The van der Waals surface area contributed by atoms with E-state index in [9.17, 15) is 18.0 Å². The number of unbranched alkanes of at least 4 members (excludes halogenated alkanes) is 1. The predicted octanol–water partition coefficient (Wildman–Crippen LogP) is 6.35. The Morgan fingerprint density at radius 1 is 0.841 bits per heavy atom. The summed E-state index contributed by atoms with van der Waals surface area (Å²) in [7, 11) is -4.11. The summed E-state index contributed by atoms with van der Waals surface area (Å²) in [5, 5.41) is 3.02. The maximum Gasteiger partial charge on any atom is 0.264 e. The zero-order valence-corrected chi connectivity index (χ0v) is 28.0. The minimum absolute atomic E-state index is 0.0785. The van der Waals surface area contributed by atoms with Crippen LogP contribution in [0.15, 0.2) is 114 Å². The number of sulfonamides is 1. The molecule has 0 aliphatic heterocycles. The molecule has 0 fully saturated rings. The van der Waals surface area contributed by atoms with Crippen LogP contribution in [-0.2, 0) is 32.6 Å². The molecule has 4 aromatic carbocycles. The number of rotatable bonds is 14. The van der Waals surface area contributed by atoms with Crippen LogP contribution in [0.25, 0.3) is 0 Å². The summed E-state index contributed by atoms with van der Waals surface area (Å²) < 4.78 is 30.1. The van der Waals surface area contributed by atoms with E-state index in [1.54, 1.807) is 42.5 Å². The Morgan fingerprint density at radius 2 is 1.48 bits per heavy atom. The SMILES string of the molecule is CCCCNC(=O)[C@@H](Cc1ccccc1)N(Cc1cccc(C)c1)C(=O)CN(c1ccc(I)cc1)S(=O)(=O)c1ccccc1. The third kappa shape index (κ3) is 8.92. The highest BCUT2D eigenvalue weighted by Gasteiger charge is 2.34. The lowest BCUT2D eigenvalue weighted by Gasteiger charge is -2.34. The van der Waals surface area contributed by atoms with Crippen molar-refractivity contribution >= 4 is 50.1 Å². The van der Waals surface area contributed by atoms with Gasteiger partial charge in [-0.3, -0.25) is 13.9 Å². The number of nitrogens with zero attached hydrogens (tertiary/aromatic N) is 2. The number of benzene rings is 4. The Morgan fingerprint density at radius 3 is 2.11 bits per heavy atom. The van der Waals surface area contributed by atoms with Gasteiger partial charge in [0.1, 0.15) is 12.6 Å². The summed E-state index contributed by atoms with van der Waals surface area (Å²) in [5.41, 5.74) is 3.14. The third-order valence-corrected chi connectivity index (χ3v) is 9.77. The largest absolute Gasteiger partial charge is 0.354 e. The van der Waals surface area contributed by atoms with Crippen LogP contribution < -0.4 is 9.62 Å². The van der Waals surface area contributed by atoms with Crippen molar-refractivity contribution in [3.05, 3.63) is 129 Å². The number of aryl methyl sites for hydroxylation is 1. The maximum absolute atomic E-state index is 14.5. The van der Waals surface area contributed by atoms with Crippen molar-refractivity contribution < 1.29 is 18.0 Å². The first-order valence-electron chi connectivity index (χ1n) is 14.7. The quantitative estimate of drug-likeness (QED) is 0.121. The predicted molar refractivity (Wildman–Crippen MR) is 184 cm³/mol. The number of amides is 2. The Balaban J connectivity index is 1.78. The molecule has 44 heavy (non-hydrogen) atoms. The van der Waals surface area contributed by atoms with Gasteiger partial charge in [0.25, 0.3) is 10.0 Å². The van der Waals surface area contributed by atoms with Gasteiger partial charge in [-0.1, -0.05) is 91.7 Å². The fourth-order valence-corrected chi connectivity index (χ4v) is 6.72. The molecule has 0 aromatic heterocycles. The Bertz CT molecular complexity index is 1630. The van der Waals surface area contributed by atoms with Gasteiger partial charge in [0, 0.05) is 23.1 Å². The highest BCUT2D eigenvalue weighted by Crippen LogP contribution is 2.26. The van der Waals surface area contributed by atoms with E-state index in [-0.39, 0.29) is 23.8 Å². The number of carbonyl (C=O) groups excluding carboxylic acids is 2. The molecule has 1 atom stereocenters. The number of hydrogen-bond acceptors (Lipinski definition) is 4. The highest BCUT2D eigenvalue weighted by molar-refractivity contribution is 14.1. The molecule has 0 saturated carbocycles. The zero-order valence-electron chi connectivity index (χ0n) is 25.0. The van der Waals surface area contributed by atoms with Gasteiger partial charge in [0.2, 0.25) is 11.8 Å². The Kier molecular flexibility index (Phi) is 12.0. The Hall–Kier alpha value is -3.70. The molecule has 0 aliphatic rings. The molecule has 0 saturated heterocycles. The summed E-state index contributed by atoms with van der Waals surface area (Å²) >= 11 is 2.16. The van der Waals surface area contributed by atoms with Crippen LogP contribution in [0.3, 0.4) is 0 Å². The van der Waals surface area contributed by atoms with E-state index in [1.807, 2.05) is 68.4 Å². The molecule has 0 aliphatic carbocycles. The van der Waals surface area contributed by atoms with Gasteiger partial charge in [0.15, 0.2) is 0 Å². The van der Waals surface area contributed by atoms with Gasteiger partial charge in [-0.05, 0) is 83.5 Å². The molecule has 0 radical (unpaired) electrons. The van der Waals surface area contributed by atoms with Crippen molar-refractivity contribution in [3.8, 4) is 0 Å². The second kappa shape index (κ2) is 15.9. The van der Waals surface area contributed by atoms with Gasteiger partial charge in [-0.15, -0.1) is 0 Å². The molecule has 7 nitrogen and oxygen atoms in total. The Labute approximate surface area is 274 Å². The first kappa shape index (κ1) is 33.2. The second-order valence-corrected chi connectivity index (χ2v) is 13.8. The highest BCUT2D eigenvalue weighted by atomic mass is 127. The van der Waals surface area contributed by atoms with E-state index in [1.165, 1.54) is 17.0 Å². The average Bonchev–Trinajstić information content (AvgIpc) is 3.03. The standard InChI is InChI=1S/C35H38IN3O4S/c1-3-4-22-37-35(41)33(24-28-13-7-5-8-14-28)38(25-29-15-11-12-27(2)23-29)34(40)26-39(31-20-18-30(36)19-21-31)44(42,43)32-16-9-6-10-17-32/h5-21,23,33H,3-4,22,24-26H2,1-2H3,(H,37,41)/t33-/m1/s1. The monoisotopic (exact) mass is 723 g/mol. The van der Waals surface area contributed by atoms with Crippen LogP contribution >= 0.6 is 22.6 Å². The smallest absolute Gasteiger partial charge is 0.264 e. The summed E-state index contributed by atoms with van der Waals surface area (Å²) in [5.74, 6) is -0.744. The van der Waals surface area contributed by atoms with Crippen LogP contribution in [0, 0.1) is 10.5 Å². The number of nitrogens with one attached hydrogen (secondary N) is 1. The van der Waals surface area contributed by atoms with E-state index in [4.69, 9.17) is 0 Å². The summed E-state index contributed by atoms with van der Waals surface area (Å²) in [6.07, 6.45) is 2.01. The molecule has 0 heterocycles. The molecule has 230 valence electrons. The van der Waals surface area contributed by atoms with E-state index in [2.05, 4.69) is 27.9 Å². The van der Waals surface area contributed by atoms with Crippen molar-refractivity contribution in [1.29, 1.82) is 0 Å². The minimum Gasteiger partial charge on any atom is -0.354 e. The topological polar surface area (TPSA) is 86.8 Å². The molecule has 4 rings (SSSR count). The van der Waals surface area contributed by atoms with Gasteiger partial charge >= 0.3 is 0 Å². The normalized spacial score (nSPS) is 11.9. The number of carbonyl (C=O) groups is 2. The van der Waals surface area contributed by atoms with E-state index in [0.717, 1.165) is 37.4 Å². The van der Waals surface area contributed by atoms with Crippen molar-refractivity contribution in [1.82, 2.24) is 10.2 Å². The number of anilines is 1. The average molecular weight is 724 g/mol. The fourth-order valence-electron chi connectivity index (χ4n) is 4.92. The molecule has 9 heteroatoms. The molecular weight excluding hydrogens is 685 g/mol. The first-order valence-corrected chi connectivity index (χ1v) is 17.2. The first-order chi connectivity index (χ1) is 21.2. The van der Waals surface area contributed by atoms with Crippen molar-refractivity contribution in [3.63, 3.8) is 0 Å². The van der Waals surface area contributed by atoms with Crippen LogP contribution in [0.2, 0.25) is 0 Å².